The van der Waals surface area contributed by atoms with Crippen molar-refractivity contribution in [3.63, 3.8) is 0 Å². The number of aryl methyl sites for hydroxylation is 1. The molecule has 6 nitrogen and oxygen atoms in total. The van der Waals surface area contributed by atoms with E-state index in [2.05, 4.69) is 5.32 Å². The van der Waals surface area contributed by atoms with E-state index in [1.807, 2.05) is 19.1 Å². The molecule has 1 fully saturated rings. The number of Topliss-reactive ketones (excluding diaryl/α,β-unsaturated/α-hetero) is 1. The molecule has 0 radical (unpaired) electrons. The highest BCUT2D eigenvalue weighted by atomic mass is 32.2. The highest BCUT2D eigenvalue weighted by Crippen LogP contribution is 2.29. The van der Waals surface area contributed by atoms with E-state index < -0.39 is 16.1 Å². The Bertz CT molecular complexity index is 950. The Labute approximate surface area is 159 Å². The molecule has 0 aromatic heterocycles. The zero-order chi connectivity index (χ0) is 19.6. The second-order valence-corrected chi connectivity index (χ2v) is 8.60. The van der Waals surface area contributed by atoms with Gasteiger partial charge in [-0.1, -0.05) is 29.8 Å². The van der Waals surface area contributed by atoms with Gasteiger partial charge in [0.15, 0.2) is 5.78 Å². The Kier molecular flexibility index (Phi) is 5.43. The molecule has 1 atom stereocenters. The van der Waals surface area contributed by atoms with E-state index in [-0.39, 0.29) is 16.6 Å². The average molecular weight is 386 g/mol. The summed E-state index contributed by atoms with van der Waals surface area (Å²) in [6.07, 6.45) is 1.15. The second kappa shape index (κ2) is 7.62. The Hall–Kier alpha value is -2.51. The molecule has 2 aromatic carbocycles. The molecule has 0 saturated carbocycles. The first-order chi connectivity index (χ1) is 12.8. The van der Waals surface area contributed by atoms with Crippen LogP contribution < -0.4 is 5.32 Å². The number of hydrogen-bond acceptors (Lipinski definition) is 4. The van der Waals surface area contributed by atoms with Crippen LogP contribution in [0.5, 0.6) is 0 Å². The molecule has 27 heavy (non-hydrogen) atoms. The molecule has 0 aliphatic carbocycles. The predicted molar refractivity (Wildman–Crippen MR) is 103 cm³/mol. The number of rotatable bonds is 5. The van der Waals surface area contributed by atoms with Crippen molar-refractivity contribution in [3.8, 4) is 0 Å². The Morgan fingerprint density at radius 3 is 2.26 bits per heavy atom. The zero-order valence-electron chi connectivity index (χ0n) is 15.3. The topological polar surface area (TPSA) is 83.6 Å². The fourth-order valence-corrected chi connectivity index (χ4v) is 4.91. The first-order valence-electron chi connectivity index (χ1n) is 8.79. The lowest BCUT2D eigenvalue weighted by Gasteiger charge is -2.23. The molecule has 0 spiro atoms. The van der Waals surface area contributed by atoms with Crippen LogP contribution in [0.15, 0.2) is 53.4 Å². The molecule has 1 aliphatic heterocycles. The van der Waals surface area contributed by atoms with Crippen molar-refractivity contribution in [2.75, 3.05) is 11.9 Å². The van der Waals surface area contributed by atoms with Crippen LogP contribution in [0.2, 0.25) is 0 Å². The maximum Gasteiger partial charge on any atom is 0.243 e. The number of benzene rings is 2. The van der Waals surface area contributed by atoms with Gasteiger partial charge in [0.05, 0.1) is 10.9 Å². The number of hydrogen-bond donors (Lipinski definition) is 1. The van der Waals surface area contributed by atoms with Crippen molar-refractivity contribution >= 4 is 27.4 Å². The second-order valence-electron chi connectivity index (χ2n) is 6.71. The fourth-order valence-electron chi connectivity index (χ4n) is 3.25. The summed E-state index contributed by atoms with van der Waals surface area (Å²) in [6, 6.07) is 12.5. The van der Waals surface area contributed by atoms with Crippen molar-refractivity contribution in [1.29, 1.82) is 0 Å². The van der Waals surface area contributed by atoms with Gasteiger partial charge >= 0.3 is 0 Å². The number of amides is 1. The largest absolute Gasteiger partial charge is 0.326 e. The summed E-state index contributed by atoms with van der Waals surface area (Å²) in [6.45, 7) is 3.64. The number of sulfonamides is 1. The predicted octanol–water partition coefficient (Wildman–Crippen LogP) is 2.99. The minimum absolute atomic E-state index is 0.111. The third-order valence-electron chi connectivity index (χ3n) is 4.62. The lowest BCUT2D eigenvalue weighted by atomic mass is 10.0. The minimum atomic E-state index is -3.79. The summed E-state index contributed by atoms with van der Waals surface area (Å²) >= 11 is 0. The molecule has 3 rings (SSSR count). The molecule has 1 aliphatic rings. The van der Waals surface area contributed by atoms with Crippen molar-refractivity contribution < 1.29 is 18.0 Å². The number of carbonyl (C=O) groups is 2. The highest BCUT2D eigenvalue weighted by Gasteiger charge is 2.39. The SMILES string of the molecule is CC(=O)Nc1ccc(S(=O)(=O)N2CCCC2C(=O)c2ccc(C)cc2)cc1. The number of nitrogens with one attached hydrogen (secondary N) is 1. The molecule has 1 heterocycles. The summed E-state index contributed by atoms with van der Waals surface area (Å²) in [5.74, 6) is -0.403. The Morgan fingerprint density at radius 1 is 1.04 bits per heavy atom. The van der Waals surface area contributed by atoms with Crippen molar-refractivity contribution in [2.24, 2.45) is 0 Å². The van der Waals surface area contributed by atoms with E-state index in [1.54, 1.807) is 24.3 Å². The van der Waals surface area contributed by atoms with Gasteiger partial charge in [0.25, 0.3) is 0 Å². The van der Waals surface area contributed by atoms with Crippen LogP contribution in [0.25, 0.3) is 0 Å². The fraction of sp³-hybridized carbons (Fsp3) is 0.300. The van der Waals surface area contributed by atoms with Gasteiger partial charge in [0.2, 0.25) is 15.9 Å². The van der Waals surface area contributed by atoms with Gasteiger partial charge in [0.1, 0.15) is 0 Å². The van der Waals surface area contributed by atoms with Crippen LogP contribution in [0.1, 0.15) is 35.7 Å². The van der Waals surface area contributed by atoms with Gasteiger partial charge in [-0.15, -0.1) is 0 Å². The maximum absolute atomic E-state index is 13.1. The van der Waals surface area contributed by atoms with Crippen LogP contribution in [0.3, 0.4) is 0 Å². The van der Waals surface area contributed by atoms with E-state index in [1.165, 1.54) is 23.4 Å². The van der Waals surface area contributed by atoms with Crippen molar-refractivity contribution in [1.82, 2.24) is 4.31 Å². The third-order valence-corrected chi connectivity index (χ3v) is 6.55. The molecular weight excluding hydrogens is 364 g/mol. The van der Waals surface area contributed by atoms with E-state index in [0.717, 1.165) is 5.56 Å². The lowest BCUT2D eigenvalue weighted by molar-refractivity contribution is -0.114. The van der Waals surface area contributed by atoms with Gasteiger partial charge in [-0.25, -0.2) is 8.42 Å². The normalized spacial score (nSPS) is 17.6. The molecule has 1 unspecified atom stereocenters. The van der Waals surface area contributed by atoms with Crippen molar-refractivity contribution in [3.05, 3.63) is 59.7 Å². The third kappa shape index (κ3) is 4.09. The first kappa shape index (κ1) is 19.3. The number of anilines is 1. The van der Waals surface area contributed by atoms with E-state index in [0.29, 0.717) is 30.6 Å². The van der Waals surface area contributed by atoms with Gasteiger partial charge in [-0.05, 0) is 44.0 Å². The molecule has 1 amide bonds. The Morgan fingerprint density at radius 2 is 1.67 bits per heavy atom. The number of nitrogens with zero attached hydrogens (tertiary/aromatic N) is 1. The van der Waals surface area contributed by atoms with Crippen LogP contribution in [-0.2, 0) is 14.8 Å². The Balaban J connectivity index is 1.85. The molecular formula is C20H22N2O4S. The molecule has 1 saturated heterocycles. The molecule has 142 valence electrons. The van der Waals surface area contributed by atoms with Crippen LogP contribution in [0.4, 0.5) is 5.69 Å². The van der Waals surface area contributed by atoms with E-state index >= 15 is 0 Å². The smallest absolute Gasteiger partial charge is 0.243 e. The number of ketones is 1. The summed E-state index contributed by atoms with van der Waals surface area (Å²) in [5.41, 5.74) is 2.09. The standard InChI is InChI=1S/C20H22N2O4S/c1-14-5-7-16(8-6-14)20(24)19-4-3-13-22(19)27(25,26)18-11-9-17(10-12-18)21-15(2)23/h5-12,19H,3-4,13H2,1-2H3,(H,21,23). The van der Waals surface area contributed by atoms with Crippen LogP contribution in [-0.4, -0.2) is 37.0 Å². The minimum Gasteiger partial charge on any atom is -0.326 e. The summed E-state index contributed by atoms with van der Waals surface area (Å²) < 4.78 is 27.4. The van der Waals surface area contributed by atoms with Crippen LogP contribution >= 0.6 is 0 Å². The molecule has 0 bridgehead atoms. The molecule has 2 aromatic rings. The van der Waals surface area contributed by atoms with Crippen LogP contribution in [0, 0.1) is 6.92 Å². The average Bonchev–Trinajstić information content (AvgIpc) is 3.12. The molecule has 7 heteroatoms. The van der Waals surface area contributed by atoms with E-state index in [9.17, 15) is 18.0 Å². The quantitative estimate of drug-likeness (QED) is 0.801. The zero-order valence-corrected chi connectivity index (χ0v) is 16.1. The maximum atomic E-state index is 13.1. The van der Waals surface area contributed by atoms with Gasteiger partial charge < -0.3 is 5.32 Å². The van der Waals surface area contributed by atoms with Gasteiger partial charge in [0, 0.05) is 24.7 Å². The molecule has 1 N–H and O–H groups in total. The monoisotopic (exact) mass is 386 g/mol. The summed E-state index contributed by atoms with van der Waals surface area (Å²) in [7, 11) is -3.79. The van der Waals surface area contributed by atoms with Crippen molar-refractivity contribution in [2.45, 2.75) is 37.6 Å². The first-order valence-corrected chi connectivity index (χ1v) is 10.2. The highest BCUT2D eigenvalue weighted by molar-refractivity contribution is 7.89. The van der Waals surface area contributed by atoms with Gasteiger partial charge in [-0.2, -0.15) is 4.31 Å². The number of carbonyl (C=O) groups excluding carboxylic acids is 2. The summed E-state index contributed by atoms with van der Waals surface area (Å²) in [4.78, 5) is 24.1. The summed E-state index contributed by atoms with van der Waals surface area (Å²) in [5, 5.41) is 2.60. The van der Waals surface area contributed by atoms with E-state index in [4.69, 9.17) is 0 Å². The van der Waals surface area contributed by atoms with Gasteiger partial charge in [-0.3, -0.25) is 9.59 Å². The lowest BCUT2D eigenvalue weighted by Crippen LogP contribution is -2.40.